The Hall–Kier alpha value is -1.76. The summed E-state index contributed by atoms with van der Waals surface area (Å²) < 4.78 is 15.5. The van der Waals surface area contributed by atoms with Crippen LogP contribution in [0.4, 0.5) is 4.39 Å². The molecule has 0 unspecified atom stereocenters. The minimum Gasteiger partial charge on any atom is -0.345 e. The third kappa shape index (κ3) is 3.17. The van der Waals surface area contributed by atoms with Gasteiger partial charge in [0.05, 0.1) is 11.0 Å². The van der Waals surface area contributed by atoms with E-state index in [0.717, 1.165) is 6.54 Å². The van der Waals surface area contributed by atoms with Crippen molar-refractivity contribution in [2.75, 3.05) is 0 Å². The Bertz CT molecular complexity index is 599. The Morgan fingerprint density at radius 3 is 3.00 bits per heavy atom. The van der Waals surface area contributed by atoms with Crippen LogP contribution >= 0.6 is 15.9 Å². The molecule has 0 spiro atoms. The van der Waals surface area contributed by atoms with Crippen LogP contribution in [0.1, 0.15) is 23.1 Å². The molecule has 1 aromatic carbocycles. The molecule has 0 saturated heterocycles. The van der Waals surface area contributed by atoms with Gasteiger partial charge in [-0.25, -0.2) is 4.39 Å². The smallest absolute Gasteiger partial charge is 0.251 e. The topological polar surface area (TPSA) is 59.8 Å². The van der Waals surface area contributed by atoms with Crippen LogP contribution in [0.5, 0.6) is 0 Å². The van der Waals surface area contributed by atoms with Gasteiger partial charge in [-0.3, -0.25) is 4.79 Å². The van der Waals surface area contributed by atoms with Gasteiger partial charge in [-0.05, 0) is 41.1 Å². The zero-order valence-corrected chi connectivity index (χ0v) is 11.8. The number of halogens is 2. The number of rotatable bonds is 4. The highest BCUT2D eigenvalue weighted by Gasteiger charge is 2.10. The maximum atomic E-state index is 13.3. The summed E-state index contributed by atoms with van der Waals surface area (Å²) in [5.41, 5.74) is 0.267. The molecule has 1 heterocycles. The molecule has 1 amide bonds. The number of nitrogens with one attached hydrogen (secondary N) is 1. The van der Waals surface area contributed by atoms with Crippen molar-refractivity contribution in [2.24, 2.45) is 0 Å². The molecule has 2 aromatic rings. The van der Waals surface area contributed by atoms with E-state index in [0.29, 0.717) is 10.3 Å². The second kappa shape index (κ2) is 5.92. The van der Waals surface area contributed by atoms with E-state index in [9.17, 15) is 9.18 Å². The van der Waals surface area contributed by atoms with Gasteiger partial charge in [-0.15, -0.1) is 10.2 Å². The highest BCUT2D eigenvalue weighted by molar-refractivity contribution is 9.10. The number of amides is 1. The molecule has 1 N–H and O–H groups in total. The summed E-state index contributed by atoms with van der Waals surface area (Å²) in [5.74, 6) is -0.158. The number of hydrogen-bond acceptors (Lipinski definition) is 3. The molecule has 0 bridgehead atoms. The number of carbonyl (C=O) groups is 1. The van der Waals surface area contributed by atoms with Gasteiger partial charge in [-0.1, -0.05) is 0 Å². The van der Waals surface area contributed by atoms with E-state index >= 15 is 0 Å². The number of carbonyl (C=O) groups excluding carboxylic acids is 1. The molecule has 1 aromatic heterocycles. The molecule has 0 fully saturated rings. The first-order valence-corrected chi connectivity index (χ1v) is 6.51. The lowest BCUT2D eigenvalue weighted by atomic mass is 10.2. The summed E-state index contributed by atoms with van der Waals surface area (Å²) in [7, 11) is 0. The van der Waals surface area contributed by atoms with Gasteiger partial charge in [0, 0.05) is 12.1 Å². The fraction of sp³-hybridized carbons (Fsp3) is 0.250. The van der Waals surface area contributed by atoms with E-state index in [1.807, 2.05) is 11.5 Å². The number of hydrogen-bond donors (Lipinski definition) is 1. The Balaban J connectivity index is 2.03. The van der Waals surface area contributed by atoms with Crippen LogP contribution in [0.15, 0.2) is 29.0 Å². The molecule has 0 aliphatic carbocycles. The summed E-state index contributed by atoms with van der Waals surface area (Å²) in [5, 5.41) is 10.3. The molecule has 0 radical (unpaired) electrons. The van der Waals surface area contributed by atoms with Crippen LogP contribution in [0.2, 0.25) is 0 Å². The van der Waals surface area contributed by atoms with E-state index < -0.39 is 5.82 Å². The second-order valence-electron chi connectivity index (χ2n) is 3.84. The van der Waals surface area contributed by atoms with Gasteiger partial charge in [0.2, 0.25) is 0 Å². The Labute approximate surface area is 118 Å². The van der Waals surface area contributed by atoms with Crippen molar-refractivity contribution in [3.63, 3.8) is 0 Å². The van der Waals surface area contributed by atoms with Crippen LogP contribution in [-0.4, -0.2) is 20.7 Å². The quantitative estimate of drug-likeness (QED) is 0.936. The first kappa shape index (κ1) is 13.7. The zero-order valence-electron chi connectivity index (χ0n) is 10.2. The maximum Gasteiger partial charge on any atom is 0.251 e. The third-order valence-corrected chi connectivity index (χ3v) is 3.27. The minimum absolute atomic E-state index is 0.254. The summed E-state index contributed by atoms with van der Waals surface area (Å²) in [6.07, 6.45) is 1.60. The summed E-state index contributed by atoms with van der Waals surface area (Å²) >= 11 is 3.04. The summed E-state index contributed by atoms with van der Waals surface area (Å²) in [6.45, 7) is 2.94. The molecule has 100 valence electrons. The largest absolute Gasteiger partial charge is 0.345 e. The number of aryl methyl sites for hydroxylation is 1. The van der Waals surface area contributed by atoms with Gasteiger partial charge in [0.15, 0.2) is 5.82 Å². The van der Waals surface area contributed by atoms with Crippen molar-refractivity contribution in [1.29, 1.82) is 0 Å². The predicted molar refractivity (Wildman–Crippen MR) is 71.0 cm³/mol. The van der Waals surface area contributed by atoms with Crippen LogP contribution in [0.3, 0.4) is 0 Å². The third-order valence-electron chi connectivity index (χ3n) is 2.63. The van der Waals surface area contributed by atoms with Gasteiger partial charge < -0.3 is 9.88 Å². The molecular weight excluding hydrogens is 315 g/mol. The number of nitrogens with zero attached hydrogens (tertiary/aromatic N) is 3. The van der Waals surface area contributed by atoms with Crippen molar-refractivity contribution in [2.45, 2.75) is 20.0 Å². The van der Waals surface area contributed by atoms with Crippen LogP contribution < -0.4 is 5.32 Å². The van der Waals surface area contributed by atoms with E-state index in [1.165, 1.54) is 12.1 Å². The standard InChI is InChI=1S/C12H12BrFN4O/c1-2-18-7-16-17-11(18)6-15-12(19)8-3-4-9(13)10(14)5-8/h3-5,7H,2,6H2,1H3,(H,15,19). The van der Waals surface area contributed by atoms with Gasteiger partial charge >= 0.3 is 0 Å². The SMILES string of the molecule is CCn1cnnc1CNC(=O)c1ccc(Br)c(F)c1. The lowest BCUT2D eigenvalue weighted by Gasteiger charge is -2.06. The first-order chi connectivity index (χ1) is 9.11. The van der Waals surface area contributed by atoms with E-state index in [1.54, 1.807) is 12.4 Å². The first-order valence-electron chi connectivity index (χ1n) is 5.71. The van der Waals surface area contributed by atoms with Crippen molar-refractivity contribution in [1.82, 2.24) is 20.1 Å². The molecular formula is C12H12BrFN4O. The molecule has 0 atom stereocenters. The molecule has 2 rings (SSSR count). The van der Waals surface area contributed by atoms with Crippen LogP contribution in [0, 0.1) is 5.82 Å². The van der Waals surface area contributed by atoms with E-state index in [4.69, 9.17) is 0 Å². The van der Waals surface area contributed by atoms with Crippen molar-refractivity contribution in [3.8, 4) is 0 Å². The van der Waals surface area contributed by atoms with E-state index in [2.05, 4.69) is 31.4 Å². The minimum atomic E-state index is -0.468. The summed E-state index contributed by atoms with van der Waals surface area (Å²) in [6, 6.07) is 4.23. The summed E-state index contributed by atoms with van der Waals surface area (Å²) in [4.78, 5) is 11.9. The molecule has 19 heavy (non-hydrogen) atoms. The maximum absolute atomic E-state index is 13.3. The molecule has 5 nitrogen and oxygen atoms in total. The normalized spacial score (nSPS) is 10.5. The Morgan fingerprint density at radius 2 is 2.32 bits per heavy atom. The fourth-order valence-electron chi connectivity index (χ4n) is 1.58. The molecule has 0 aliphatic heterocycles. The lowest BCUT2D eigenvalue weighted by molar-refractivity contribution is 0.0949. The van der Waals surface area contributed by atoms with Gasteiger partial charge in [-0.2, -0.15) is 0 Å². The number of benzene rings is 1. The Kier molecular flexibility index (Phi) is 4.26. The number of aromatic nitrogens is 3. The zero-order chi connectivity index (χ0) is 13.8. The molecule has 0 saturated carbocycles. The van der Waals surface area contributed by atoms with Crippen molar-refractivity contribution < 1.29 is 9.18 Å². The highest BCUT2D eigenvalue weighted by atomic mass is 79.9. The van der Waals surface area contributed by atoms with Crippen LogP contribution in [0.25, 0.3) is 0 Å². The van der Waals surface area contributed by atoms with E-state index in [-0.39, 0.29) is 18.0 Å². The predicted octanol–water partition coefficient (Wildman–Crippen LogP) is 2.13. The average Bonchev–Trinajstić information content (AvgIpc) is 2.86. The van der Waals surface area contributed by atoms with Gasteiger partial charge in [0.25, 0.3) is 5.91 Å². The highest BCUT2D eigenvalue weighted by Crippen LogP contribution is 2.16. The van der Waals surface area contributed by atoms with Crippen molar-refractivity contribution >= 4 is 21.8 Å². The van der Waals surface area contributed by atoms with Crippen LogP contribution in [-0.2, 0) is 13.1 Å². The Morgan fingerprint density at radius 1 is 1.53 bits per heavy atom. The second-order valence-corrected chi connectivity index (χ2v) is 4.70. The molecule has 7 heteroatoms. The fourth-order valence-corrected chi connectivity index (χ4v) is 1.83. The average molecular weight is 327 g/mol. The lowest BCUT2D eigenvalue weighted by Crippen LogP contribution is -2.24. The van der Waals surface area contributed by atoms with Gasteiger partial charge in [0.1, 0.15) is 12.1 Å². The monoisotopic (exact) mass is 326 g/mol. The molecule has 0 aliphatic rings. The van der Waals surface area contributed by atoms with Crippen molar-refractivity contribution in [3.05, 3.63) is 46.2 Å².